The lowest BCUT2D eigenvalue weighted by Crippen LogP contribution is -2.27. The average Bonchev–Trinajstić information content (AvgIpc) is 2.45. The first-order valence-electron chi connectivity index (χ1n) is 6.08. The van der Waals surface area contributed by atoms with Crippen molar-refractivity contribution in [3.8, 4) is 0 Å². The number of aromatic nitrogens is 2. The summed E-state index contributed by atoms with van der Waals surface area (Å²) in [4.78, 5) is 10.9. The van der Waals surface area contributed by atoms with Crippen molar-refractivity contribution in [2.45, 2.75) is 13.0 Å². The molecule has 0 unspecified atom stereocenters. The summed E-state index contributed by atoms with van der Waals surface area (Å²) in [6.45, 7) is 1.56. The van der Waals surface area contributed by atoms with Gasteiger partial charge < -0.3 is 10.6 Å². The van der Waals surface area contributed by atoms with Gasteiger partial charge in [0.15, 0.2) is 0 Å². The summed E-state index contributed by atoms with van der Waals surface area (Å²) in [7, 11) is 0. The molecule has 0 amide bonds. The molecule has 0 saturated heterocycles. The van der Waals surface area contributed by atoms with Crippen LogP contribution in [0.4, 0.5) is 5.69 Å². The van der Waals surface area contributed by atoms with Crippen molar-refractivity contribution in [2.24, 2.45) is 5.73 Å². The molecule has 4 nitrogen and oxygen atoms in total. The Bertz CT molecular complexity index is 515. The highest BCUT2D eigenvalue weighted by Crippen LogP contribution is 2.16. The summed E-state index contributed by atoms with van der Waals surface area (Å²) in [6, 6.07) is 7.96. The van der Waals surface area contributed by atoms with Gasteiger partial charge in [-0.3, -0.25) is 9.97 Å². The lowest BCUT2D eigenvalue weighted by atomic mass is 10.2. The van der Waals surface area contributed by atoms with Gasteiger partial charge in [-0.2, -0.15) is 0 Å². The first-order valence-corrected chi connectivity index (χ1v) is 6.49. The average molecular weight is 272 g/mol. The van der Waals surface area contributed by atoms with E-state index in [9.17, 15) is 0 Å². The van der Waals surface area contributed by atoms with Gasteiger partial charge in [-0.05, 0) is 23.8 Å². The van der Waals surface area contributed by atoms with Crippen molar-refractivity contribution in [3.05, 3.63) is 54.6 Å². The zero-order chi connectivity index (χ0) is 13.5. The van der Waals surface area contributed by atoms with Gasteiger partial charge in [-0.15, -0.1) is 0 Å². The van der Waals surface area contributed by atoms with Crippen molar-refractivity contribution in [1.82, 2.24) is 9.97 Å². The van der Waals surface area contributed by atoms with Crippen LogP contribution in [0.2, 0.25) is 0 Å². The molecule has 0 saturated carbocycles. The minimum absolute atomic E-state index is 0.533. The third-order valence-electron chi connectivity index (χ3n) is 2.75. The molecule has 0 fully saturated rings. The second-order valence-corrected chi connectivity index (χ2v) is 4.73. The van der Waals surface area contributed by atoms with Crippen LogP contribution in [0.3, 0.4) is 0 Å². The lowest BCUT2D eigenvalue weighted by molar-refractivity contribution is 0.802. The van der Waals surface area contributed by atoms with E-state index in [0.717, 1.165) is 24.3 Å². The van der Waals surface area contributed by atoms with Gasteiger partial charge in [-0.25, -0.2) is 0 Å². The van der Waals surface area contributed by atoms with Crippen LogP contribution < -0.4 is 10.6 Å². The number of hydrogen-bond acceptors (Lipinski definition) is 4. The second-order valence-electron chi connectivity index (χ2n) is 4.20. The molecular weight excluding hydrogens is 256 g/mol. The number of rotatable bonds is 6. The minimum Gasteiger partial charge on any atom is -0.393 e. The van der Waals surface area contributed by atoms with E-state index in [0.29, 0.717) is 11.4 Å². The SMILES string of the molecule is NC(=S)CCN(Cc1cccnc1)c1ccncc1. The standard InChI is InChI=1S/C14H16N4S/c15-14(19)5-9-18(13-3-7-16-8-4-13)11-12-2-1-6-17-10-12/h1-4,6-8,10H,5,9,11H2,(H2,15,19). The van der Waals surface area contributed by atoms with E-state index in [4.69, 9.17) is 18.0 Å². The summed E-state index contributed by atoms with van der Waals surface area (Å²) < 4.78 is 0. The van der Waals surface area contributed by atoms with Crippen molar-refractivity contribution >= 4 is 22.9 Å². The molecule has 0 aliphatic heterocycles. The number of pyridine rings is 2. The van der Waals surface area contributed by atoms with Crippen molar-refractivity contribution < 1.29 is 0 Å². The minimum atomic E-state index is 0.533. The maximum atomic E-state index is 5.59. The van der Waals surface area contributed by atoms with Crippen molar-refractivity contribution in [1.29, 1.82) is 0 Å². The fourth-order valence-electron chi connectivity index (χ4n) is 1.81. The lowest BCUT2D eigenvalue weighted by Gasteiger charge is -2.24. The molecule has 2 rings (SSSR count). The van der Waals surface area contributed by atoms with Gasteiger partial charge in [0, 0.05) is 50.0 Å². The fraction of sp³-hybridized carbons (Fsp3) is 0.214. The molecule has 0 spiro atoms. The van der Waals surface area contributed by atoms with Crippen LogP contribution in [0.1, 0.15) is 12.0 Å². The van der Waals surface area contributed by atoms with E-state index >= 15 is 0 Å². The van der Waals surface area contributed by atoms with Crippen molar-refractivity contribution in [2.75, 3.05) is 11.4 Å². The molecule has 19 heavy (non-hydrogen) atoms. The number of nitrogens with zero attached hydrogens (tertiary/aromatic N) is 3. The zero-order valence-electron chi connectivity index (χ0n) is 10.6. The quantitative estimate of drug-likeness (QED) is 0.817. The van der Waals surface area contributed by atoms with Gasteiger partial charge in [0.25, 0.3) is 0 Å². The monoisotopic (exact) mass is 272 g/mol. The maximum absolute atomic E-state index is 5.59. The first-order chi connectivity index (χ1) is 9.25. The molecule has 2 aromatic heterocycles. The molecule has 0 aromatic carbocycles. The van der Waals surface area contributed by atoms with Gasteiger partial charge >= 0.3 is 0 Å². The first kappa shape index (κ1) is 13.4. The summed E-state index contributed by atoms with van der Waals surface area (Å²) >= 11 is 4.95. The number of anilines is 1. The van der Waals surface area contributed by atoms with Crippen LogP contribution in [0.25, 0.3) is 0 Å². The van der Waals surface area contributed by atoms with Crippen LogP contribution in [-0.2, 0) is 6.54 Å². The third kappa shape index (κ3) is 4.30. The Hall–Kier alpha value is -2.01. The van der Waals surface area contributed by atoms with E-state index in [1.807, 2.05) is 24.4 Å². The van der Waals surface area contributed by atoms with E-state index < -0.39 is 0 Å². The van der Waals surface area contributed by atoms with Gasteiger partial charge in [-0.1, -0.05) is 18.3 Å². The second kappa shape index (κ2) is 6.80. The van der Waals surface area contributed by atoms with Crippen LogP contribution >= 0.6 is 12.2 Å². The third-order valence-corrected chi connectivity index (χ3v) is 2.96. The summed E-state index contributed by atoms with van der Waals surface area (Å²) in [5.74, 6) is 0. The van der Waals surface area contributed by atoms with E-state index in [1.165, 1.54) is 0 Å². The van der Waals surface area contributed by atoms with E-state index in [2.05, 4.69) is 20.9 Å². The summed E-state index contributed by atoms with van der Waals surface area (Å²) in [6.07, 6.45) is 7.90. The van der Waals surface area contributed by atoms with Crippen LogP contribution in [0, 0.1) is 0 Å². The van der Waals surface area contributed by atoms with E-state index in [-0.39, 0.29) is 0 Å². The fourth-order valence-corrected chi connectivity index (χ4v) is 1.90. The van der Waals surface area contributed by atoms with Gasteiger partial charge in [0.05, 0.1) is 4.99 Å². The topological polar surface area (TPSA) is 55.0 Å². The normalized spacial score (nSPS) is 10.1. The Morgan fingerprint density at radius 3 is 2.58 bits per heavy atom. The van der Waals surface area contributed by atoms with E-state index in [1.54, 1.807) is 18.6 Å². The molecule has 2 aromatic rings. The Balaban J connectivity index is 2.12. The predicted octanol–water partition coefficient (Wildman–Crippen LogP) is 2.16. The molecule has 5 heteroatoms. The largest absolute Gasteiger partial charge is 0.393 e. The van der Waals surface area contributed by atoms with Crippen LogP contribution in [0.5, 0.6) is 0 Å². The molecule has 0 radical (unpaired) electrons. The maximum Gasteiger partial charge on any atom is 0.0745 e. The molecule has 0 aliphatic carbocycles. The molecule has 2 N–H and O–H groups in total. The Kier molecular flexibility index (Phi) is 4.80. The Morgan fingerprint density at radius 1 is 1.16 bits per heavy atom. The highest BCUT2D eigenvalue weighted by Gasteiger charge is 2.07. The molecule has 0 atom stereocenters. The van der Waals surface area contributed by atoms with Crippen LogP contribution in [-0.4, -0.2) is 21.5 Å². The zero-order valence-corrected chi connectivity index (χ0v) is 11.4. The number of nitrogens with two attached hydrogens (primary N) is 1. The highest BCUT2D eigenvalue weighted by molar-refractivity contribution is 7.80. The number of hydrogen-bond donors (Lipinski definition) is 1. The predicted molar refractivity (Wildman–Crippen MR) is 80.9 cm³/mol. The van der Waals surface area contributed by atoms with Crippen molar-refractivity contribution in [3.63, 3.8) is 0 Å². The Morgan fingerprint density at radius 2 is 1.95 bits per heavy atom. The Labute approximate surface area is 118 Å². The molecular formula is C14H16N4S. The van der Waals surface area contributed by atoms with Gasteiger partial charge in [0.2, 0.25) is 0 Å². The summed E-state index contributed by atoms with van der Waals surface area (Å²) in [5.41, 5.74) is 7.85. The summed E-state index contributed by atoms with van der Waals surface area (Å²) in [5, 5.41) is 0. The smallest absolute Gasteiger partial charge is 0.0745 e. The van der Waals surface area contributed by atoms with Crippen LogP contribution in [0.15, 0.2) is 49.1 Å². The molecule has 98 valence electrons. The van der Waals surface area contributed by atoms with Gasteiger partial charge in [0.1, 0.15) is 0 Å². The number of thiocarbonyl (C=S) groups is 1. The molecule has 0 bridgehead atoms. The molecule has 2 heterocycles. The molecule has 0 aliphatic rings. The highest BCUT2D eigenvalue weighted by atomic mass is 32.1.